The monoisotopic (exact) mass is 284 g/mol. The molecule has 5 nitrogen and oxygen atoms in total. The van der Waals surface area contributed by atoms with Crippen LogP contribution in [0.2, 0.25) is 0 Å². The van der Waals surface area contributed by atoms with Gasteiger partial charge in [-0.15, -0.1) is 0 Å². The summed E-state index contributed by atoms with van der Waals surface area (Å²) in [4.78, 5) is 11.3. The van der Waals surface area contributed by atoms with Crippen molar-refractivity contribution in [3.8, 4) is 11.3 Å². The molecule has 5 heteroatoms. The van der Waals surface area contributed by atoms with Crippen LogP contribution in [-0.2, 0) is 4.74 Å². The van der Waals surface area contributed by atoms with E-state index < -0.39 is 0 Å². The van der Waals surface area contributed by atoms with E-state index in [1.807, 2.05) is 19.2 Å². The zero-order chi connectivity index (χ0) is 14.8. The van der Waals surface area contributed by atoms with Crippen molar-refractivity contribution in [1.82, 2.24) is 9.97 Å². The highest BCUT2D eigenvalue weighted by Gasteiger charge is 2.15. The van der Waals surface area contributed by atoms with E-state index in [4.69, 9.17) is 10.5 Å². The summed E-state index contributed by atoms with van der Waals surface area (Å²) in [6, 6.07) is 4.08. The lowest BCUT2D eigenvalue weighted by Gasteiger charge is -2.29. The molecular formula is C16H20N4O. The van der Waals surface area contributed by atoms with Crippen molar-refractivity contribution in [2.45, 2.75) is 13.8 Å². The summed E-state index contributed by atoms with van der Waals surface area (Å²) in [6.45, 7) is 7.43. The van der Waals surface area contributed by atoms with Crippen LogP contribution in [0.15, 0.2) is 24.5 Å². The molecule has 0 radical (unpaired) electrons. The molecule has 3 rings (SSSR count). The van der Waals surface area contributed by atoms with Gasteiger partial charge in [0, 0.05) is 24.8 Å². The highest BCUT2D eigenvalue weighted by molar-refractivity contribution is 5.67. The Morgan fingerprint density at radius 3 is 2.48 bits per heavy atom. The molecular weight excluding hydrogens is 264 g/mol. The topological polar surface area (TPSA) is 64.3 Å². The van der Waals surface area contributed by atoms with Crippen LogP contribution in [0, 0.1) is 13.8 Å². The van der Waals surface area contributed by atoms with Gasteiger partial charge in [-0.25, -0.2) is 4.98 Å². The van der Waals surface area contributed by atoms with Crippen molar-refractivity contribution in [3.05, 3.63) is 35.7 Å². The number of nitrogen functional groups attached to an aromatic ring is 1. The molecule has 0 aromatic carbocycles. The molecule has 2 aromatic rings. The number of aromatic nitrogens is 2. The number of pyridine rings is 2. The second kappa shape index (κ2) is 5.69. The standard InChI is InChI=1S/C16H20N4O/c1-11-8-14(17)10-18-15(11)13-7-12(2)16(19-9-13)20-3-5-21-6-4-20/h7-10H,3-6,17H2,1-2H3. The predicted octanol–water partition coefficient (Wildman–Crippen LogP) is 2.18. The number of aryl methyl sites for hydroxylation is 2. The Labute approximate surface area is 124 Å². The lowest BCUT2D eigenvalue weighted by Crippen LogP contribution is -2.37. The van der Waals surface area contributed by atoms with E-state index in [1.54, 1.807) is 6.20 Å². The van der Waals surface area contributed by atoms with E-state index in [9.17, 15) is 0 Å². The van der Waals surface area contributed by atoms with Crippen LogP contribution in [0.5, 0.6) is 0 Å². The maximum atomic E-state index is 5.76. The fourth-order valence-electron chi connectivity index (χ4n) is 2.70. The molecule has 0 unspecified atom stereocenters. The average molecular weight is 284 g/mol. The van der Waals surface area contributed by atoms with E-state index in [0.29, 0.717) is 5.69 Å². The second-order valence-corrected chi connectivity index (χ2v) is 5.40. The van der Waals surface area contributed by atoms with Crippen molar-refractivity contribution < 1.29 is 4.74 Å². The van der Waals surface area contributed by atoms with Crippen LogP contribution in [0.1, 0.15) is 11.1 Å². The van der Waals surface area contributed by atoms with Crippen molar-refractivity contribution >= 4 is 11.5 Å². The predicted molar refractivity (Wildman–Crippen MR) is 84.4 cm³/mol. The normalized spacial score (nSPS) is 15.2. The maximum absolute atomic E-state index is 5.76. The molecule has 2 aromatic heterocycles. The minimum Gasteiger partial charge on any atom is -0.397 e. The molecule has 110 valence electrons. The van der Waals surface area contributed by atoms with Gasteiger partial charge in [0.05, 0.1) is 30.8 Å². The van der Waals surface area contributed by atoms with Gasteiger partial charge in [0.2, 0.25) is 0 Å². The number of hydrogen-bond acceptors (Lipinski definition) is 5. The molecule has 2 N–H and O–H groups in total. The molecule has 21 heavy (non-hydrogen) atoms. The molecule has 0 bridgehead atoms. The van der Waals surface area contributed by atoms with E-state index in [1.165, 1.54) is 0 Å². The van der Waals surface area contributed by atoms with Gasteiger partial charge in [0.25, 0.3) is 0 Å². The average Bonchev–Trinajstić information content (AvgIpc) is 2.48. The van der Waals surface area contributed by atoms with E-state index in [-0.39, 0.29) is 0 Å². The lowest BCUT2D eigenvalue weighted by atomic mass is 10.1. The van der Waals surface area contributed by atoms with Gasteiger partial charge in [-0.05, 0) is 37.1 Å². The number of anilines is 2. The molecule has 0 atom stereocenters. The Bertz CT molecular complexity index is 651. The Kier molecular flexibility index (Phi) is 3.75. The molecule has 1 aliphatic heterocycles. The van der Waals surface area contributed by atoms with Gasteiger partial charge in [-0.3, -0.25) is 4.98 Å². The minimum atomic E-state index is 0.686. The number of hydrogen-bond donors (Lipinski definition) is 1. The zero-order valence-corrected chi connectivity index (χ0v) is 12.5. The van der Waals surface area contributed by atoms with E-state index >= 15 is 0 Å². The van der Waals surface area contributed by atoms with Gasteiger partial charge >= 0.3 is 0 Å². The van der Waals surface area contributed by atoms with Crippen LogP contribution in [-0.4, -0.2) is 36.3 Å². The molecule has 1 aliphatic rings. The Morgan fingerprint density at radius 2 is 1.81 bits per heavy atom. The summed E-state index contributed by atoms with van der Waals surface area (Å²) in [6.07, 6.45) is 3.58. The quantitative estimate of drug-likeness (QED) is 0.915. The number of rotatable bonds is 2. The summed E-state index contributed by atoms with van der Waals surface area (Å²) >= 11 is 0. The molecule has 1 fully saturated rings. The van der Waals surface area contributed by atoms with Crippen LogP contribution in [0.25, 0.3) is 11.3 Å². The van der Waals surface area contributed by atoms with Gasteiger partial charge < -0.3 is 15.4 Å². The third kappa shape index (κ3) is 2.83. The molecule has 0 saturated carbocycles. The second-order valence-electron chi connectivity index (χ2n) is 5.40. The first kappa shape index (κ1) is 13.8. The number of nitrogens with two attached hydrogens (primary N) is 1. The minimum absolute atomic E-state index is 0.686. The van der Waals surface area contributed by atoms with Gasteiger partial charge in [0.1, 0.15) is 5.82 Å². The highest BCUT2D eigenvalue weighted by atomic mass is 16.5. The molecule has 0 aliphatic carbocycles. The SMILES string of the molecule is Cc1cc(N)cnc1-c1cnc(N2CCOCC2)c(C)c1. The number of morpholine rings is 1. The largest absolute Gasteiger partial charge is 0.397 e. The third-order valence-electron chi connectivity index (χ3n) is 3.73. The summed E-state index contributed by atoms with van der Waals surface area (Å²) in [5.74, 6) is 1.04. The van der Waals surface area contributed by atoms with Crippen LogP contribution in [0.4, 0.5) is 11.5 Å². The van der Waals surface area contributed by atoms with Crippen LogP contribution < -0.4 is 10.6 Å². The highest BCUT2D eigenvalue weighted by Crippen LogP contribution is 2.26. The summed E-state index contributed by atoms with van der Waals surface area (Å²) in [5, 5.41) is 0. The smallest absolute Gasteiger partial charge is 0.131 e. The van der Waals surface area contributed by atoms with E-state index in [2.05, 4.69) is 27.9 Å². The molecule has 0 spiro atoms. The molecule has 0 amide bonds. The maximum Gasteiger partial charge on any atom is 0.131 e. The molecule has 1 saturated heterocycles. The van der Waals surface area contributed by atoms with Crippen molar-refractivity contribution in [2.75, 3.05) is 36.9 Å². The summed E-state index contributed by atoms with van der Waals surface area (Å²) in [7, 11) is 0. The zero-order valence-electron chi connectivity index (χ0n) is 12.5. The van der Waals surface area contributed by atoms with E-state index in [0.717, 1.165) is 54.5 Å². The fourth-order valence-corrected chi connectivity index (χ4v) is 2.70. The number of ether oxygens (including phenoxy) is 1. The first-order valence-corrected chi connectivity index (χ1v) is 7.17. The van der Waals surface area contributed by atoms with Crippen LogP contribution in [0.3, 0.4) is 0 Å². The first-order chi connectivity index (χ1) is 10.1. The van der Waals surface area contributed by atoms with Crippen molar-refractivity contribution in [3.63, 3.8) is 0 Å². The first-order valence-electron chi connectivity index (χ1n) is 7.17. The van der Waals surface area contributed by atoms with Crippen molar-refractivity contribution in [2.24, 2.45) is 0 Å². The third-order valence-corrected chi connectivity index (χ3v) is 3.73. The lowest BCUT2D eigenvalue weighted by molar-refractivity contribution is 0.122. The fraction of sp³-hybridized carbons (Fsp3) is 0.375. The Morgan fingerprint density at radius 1 is 1.05 bits per heavy atom. The molecule has 3 heterocycles. The Hall–Kier alpha value is -2.14. The van der Waals surface area contributed by atoms with Gasteiger partial charge in [-0.2, -0.15) is 0 Å². The van der Waals surface area contributed by atoms with Crippen LogP contribution >= 0.6 is 0 Å². The van der Waals surface area contributed by atoms with Gasteiger partial charge in [-0.1, -0.05) is 0 Å². The summed E-state index contributed by atoms with van der Waals surface area (Å²) < 4.78 is 5.39. The Balaban J connectivity index is 1.93. The number of nitrogens with zero attached hydrogens (tertiary/aromatic N) is 3. The summed E-state index contributed by atoms with van der Waals surface area (Å²) in [5.41, 5.74) is 10.6. The van der Waals surface area contributed by atoms with Gasteiger partial charge in [0.15, 0.2) is 0 Å². The van der Waals surface area contributed by atoms with Crippen molar-refractivity contribution in [1.29, 1.82) is 0 Å².